The Morgan fingerprint density at radius 3 is 2.26 bits per heavy atom. The Labute approximate surface area is 139 Å². The minimum atomic E-state index is -3.69. The maximum Gasteiger partial charge on any atom is 0.283 e. The second kappa shape index (κ2) is 7.01. The van der Waals surface area contributed by atoms with E-state index in [1.54, 1.807) is 24.3 Å². The molecule has 5 nitrogen and oxygen atoms in total. The van der Waals surface area contributed by atoms with Crippen LogP contribution in [-0.2, 0) is 14.8 Å². The van der Waals surface area contributed by atoms with Gasteiger partial charge in [0.25, 0.3) is 10.0 Å². The average Bonchev–Trinajstić information content (AvgIpc) is 2.46. The van der Waals surface area contributed by atoms with Gasteiger partial charge < -0.3 is 9.64 Å². The van der Waals surface area contributed by atoms with Crippen molar-refractivity contribution < 1.29 is 13.2 Å². The largest absolute Gasteiger partial charge is 0.378 e. The zero-order valence-electron chi connectivity index (χ0n) is 14.4. The van der Waals surface area contributed by atoms with Crippen molar-refractivity contribution in [3.63, 3.8) is 0 Å². The Morgan fingerprint density at radius 1 is 1.17 bits per heavy atom. The second-order valence-corrected chi connectivity index (χ2v) is 8.74. The average molecular weight is 338 g/mol. The van der Waals surface area contributed by atoms with Gasteiger partial charge in [0.1, 0.15) is 5.84 Å². The van der Waals surface area contributed by atoms with Crippen LogP contribution in [0.2, 0.25) is 0 Å². The molecule has 1 aromatic rings. The summed E-state index contributed by atoms with van der Waals surface area (Å²) in [5, 5.41) is 0. The van der Waals surface area contributed by atoms with E-state index < -0.39 is 10.0 Å². The molecule has 0 saturated carbocycles. The van der Waals surface area contributed by atoms with Crippen molar-refractivity contribution in [2.24, 2.45) is 9.81 Å². The molecule has 1 heterocycles. The fourth-order valence-electron chi connectivity index (χ4n) is 2.40. The summed E-state index contributed by atoms with van der Waals surface area (Å²) in [5.74, 6) is 0.626. The molecule has 0 bridgehead atoms. The monoisotopic (exact) mass is 338 g/mol. The Kier molecular flexibility index (Phi) is 5.47. The van der Waals surface area contributed by atoms with E-state index in [2.05, 4.69) is 25.2 Å². The molecule has 0 N–H and O–H groups in total. The summed E-state index contributed by atoms with van der Waals surface area (Å²) in [6.07, 6.45) is 0.609. The molecule has 0 amide bonds. The molecule has 1 saturated heterocycles. The molecule has 0 atom stereocenters. The standard InChI is InChI=1S/C17H26N2O3S/c1-14-5-7-15(8-6-14)23(20,21)18-16(13-17(2,3)4)19-9-11-22-12-10-19/h5-8H,9-13H2,1-4H3/b18-16+. The van der Waals surface area contributed by atoms with Gasteiger partial charge in [-0.2, -0.15) is 8.42 Å². The number of rotatable bonds is 3. The van der Waals surface area contributed by atoms with Crippen LogP contribution in [0.5, 0.6) is 0 Å². The van der Waals surface area contributed by atoms with Crippen LogP contribution in [0, 0.1) is 12.3 Å². The lowest BCUT2D eigenvalue weighted by molar-refractivity contribution is 0.0664. The van der Waals surface area contributed by atoms with E-state index in [1.165, 1.54) is 0 Å². The predicted molar refractivity (Wildman–Crippen MR) is 92.3 cm³/mol. The van der Waals surface area contributed by atoms with E-state index in [1.807, 2.05) is 11.8 Å². The third kappa shape index (κ3) is 5.32. The Morgan fingerprint density at radius 2 is 1.74 bits per heavy atom. The molecular weight excluding hydrogens is 312 g/mol. The molecule has 23 heavy (non-hydrogen) atoms. The van der Waals surface area contributed by atoms with Crippen molar-refractivity contribution in [3.8, 4) is 0 Å². The number of aryl methyl sites for hydroxylation is 1. The van der Waals surface area contributed by atoms with E-state index >= 15 is 0 Å². The molecule has 0 aromatic heterocycles. The van der Waals surface area contributed by atoms with Crippen LogP contribution >= 0.6 is 0 Å². The molecule has 2 rings (SSSR count). The van der Waals surface area contributed by atoms with Gasteiger partial charge in [0.2, 0.25) is 0 Å². The summed E-state index contributed by atoms with van der Waals surface area (Å²) in [7, 11) is -3.69. The quantitative estimate of drug-likeness (QED) is 0.628. The lowest BCUT2D eigenvalue weighted by Crippen LogP contribution is -2.42. The van der Waals surface area contributed by atoms with Crippen LogP contribution in [0.1, 0.15) is 32.8 Å². The number of amidine groups is 1. The highest BCUT2D eigenvalue weighted by Crippen LogP contribution is 2.23. The van der Waals surface area contributed by atoms with E-state index in [0.717, 1.165) is 5.56 Å². The summed E-state index contributed by atoms with van der Waals surface area (Å²) < 4.78 is 34.8. The summed E-state index contributed by atoms with van der Waals surface area (Å²) in [6, 6.07) is 6.81. The SMILES string of the molecule is Cc1ccc(S(=O)(=O)/N=C(\CC(C)(C)C)N2CCOCC2)cc1. The number of benzene rings is 1. The topological polar surface area (TPSA) is 59.0 Å². The van der Waals surface area contributed by atoms with E-state index in [4.69, 9.17) is 4.74 Å². The van der Waals surface area contributed by atoms with Crippen molar-refractivity contribution in [1.82, 2.24) is 4.90 Å². The fraction of sp³-hybridized carbons (Fsp3) is 0.588. The molecule has 0 radical (unpaired) electrons. The number of nitrogens with zero attached hydrogens (tertiary/aromatic N) is 2. The highest BCUT2D eigenvalue weighted by Gasteiger charge is 2.24. The van der Waals surface area contributed by atoms with E-state index in [-0.39, 0.29) is 10.3 Å². The zero-order valence-corrected chi connectivity index (χ0v) is 15.2. The number of hydrogen-bond acceptors (Lipinski definition) is 3. The first kappa shape index (κ1) is 17.9. The smallest absolute Gasteiger partial charge is 0.283 e. The lowest BCUT2D eigenvalue weighted by atomic mass is 9.91. The van der Waals surface area contributed by atoms with Crippen molar-refractivity contribution in [1.29, 1.82) is 0 Å². The summed E-state index contributed by atoms with van der Waals surface area (Å²) >= 11 is 0. The van der Waals surface area contributed by atoms with Crippen LogP contribution in [0.15, 0.2) is 33.6 Å². The van der Waals surface area contributed by atoms with Gasteiger partial charge >= 0.3 is 0 Å². The number of sulfonamides is 1. The first-order valence-electron chi connectivity index (χ1n) is 7.91. The van der Waals surface area contributed by atoms with Gasteiger partial charge in [0.15, 0.2) is 0 Å². The maximum absolute atomic E-state index is 12.6. The first-order chi connectivity index (χ1) is 10.7. The summed E-state index contributed by atoms with van der Waals surface area (Å²) in [6.45, 7) is 10.8. The molecule has 1 aliphatic heterocycles. The normalized spacial score (nSPS) is 17.4. The van der Waals surface area contributed by atoms with Crippen molar-refractivity contribution in [2.75, 3.05) is 26.3 Å². The summed E-state index contributed by atoms with van der Waals surface area (Å²) in [4.78, 5) is 2.27. The van der Waals surface area contributed by atoms with Gasteiger partial charge in [-0.3, -0.25) is 0 Å². The molecule has 1 aromatic carbocycles. The third-order valence-electron chi connectivity index (χ3n) is 3.61. The maximum atomic E-state index is 12.6. The predicted octanol–water partition coefficient (Wildman–Crippen LogP) is 2.85. The first-order valence-corrected chi connectivity index (χ1v) is 9.35. The minimum absolute atomic E-state index is 0.0417. The molecule has 1 aliphatic rings. The van der Waals surface area contributed by atoms with Crippen LogP contribution in [-0.4, -0.2) is 45.5 Å². The van der Waals surface area contributed by atoms with Gasteiger partial charge in [-0.1, -0.05) is 38.5 Å². The Bertz CT molecular complexity index is 652. The minimum Gasteiger partial charge on any atom is -0.378 e. The van der Waals surface area contributed by atoms with Gasteiger partial charge in [-0.15, -0.1) is 4.40 Å². The second-order valence-electron chi connectivity index (χ2n) is 7.13. The van der Waals surface area contributed by atoms with Gasteiger partial charge in [0.05, 0.1) is 18.1 Å². The van der Waals surface area contributed by atoms with Crippen molar-refractivity contribution >= 4 is 15.9 Å². The molecule has 1 fully saturated rings. The van der Waals surface area contributed by atoms with Crippen LogP contribution in [0.3, 0.4) is 0 Å². The molecule has 6 heteroatoms. The van der Waals surface area contributed by atoms with Gasteiger partial charge in [0, 0.05) is 19.5 Å². The van der Waals surface area contributed by atoms with E-state index in [9.17, 15) is 8.42 Å². The van der Waals surface area contributed by atoms with Crippen LogP contribution in [0.4, 0.5) is 0 Å². The Hall–Kier alpha value is -1.40. The molecule has 0 spiro atoms. The Balaban J connectivity index is 2.35. The van der Waals surface area contributed by atoms with Crippen LogP contribution in [0.25, 0.3) is 0 Å². The zero-order chi connectivity index (χ0) is 17.1. The van der Waals surface area contributed by atoms with Crippen molar-refractivity contribution in [2.45, 2.75) is 39.0 Å². The molecule has 128 valence electrons. The van der Waals surface area contributed by atoms with Gasteiger partial charge in [-0.25, -0.2) is 0 Å². The lowest BCUT2D eigenvalue weighted by Gasteiger charge is -2.32. The molecular formula is C17H26N2O3S. The highest BCUT2D eigenvalue weighted by molar-refractivity contribution is 7.90. The summed E-state index contributed by atoms with van der Waals surface area (Å²) in [5.41, 5.74) is 0.982. The van der Waals surface area contributed by atoms with E-state index in [0.29, 0.717) is 38.6 Å². The fourth-order valence-corrected chi connectivity index (χ4v) is 3.44. The third-order valence-corrected chi connectivity index (χ3v) is 4.93. The number of morpholine rings is 1. The number of ether oxygens (including phenoxy) is 1. The number of hydrogen-bond donors (Lipinski definition) is 0. The van der Waals surface area contributed by atoms with Crippen LogP contribution < -0.4 is 0 Å². The highest BCUT2D eigenvalue weighted by atomic mass is 32.2. The molecule has 0 aliphatic carbocycles. The van der Waals surface area contributed by atoms with Crippen molar-refractivity contribution in [3.05, 3.63) is 29.8 Å². The van der Waals surface area contributed by atoms with Gasteiger partial charge in [-0.05, 0) is 24.5 Å². The molecule has 0 unspecified atom stereocenters.